The maximum absolute atomic E-state index is 11.4. The van der Waals surface area contributed by atoms with E-state index in [2.05, 4.69) is 9.97 Å². The van der Waals surface area contributed by atoms with E-state index in [1.807, 2.05) is 0 Å². The Hall–Kier alpha value is -1.95. The van der Waals surface area contributed by atoms with Gasteiger partial charge in [-0.25, -0.2) is 0 Å². The highest BCUT2D eigenvalue weighted by molar-refractivity contribution is 7.71. The number of hydrogen-bond acceptors (Lipinski definition) is 4. The highest BCUT2D eigenvalue weighted by Gasteiger charge is 2.00. The molecule has 76 valence electrons. The third-order valence-corrected chi connectivity index (χ3v) is 2.18. The Labute approximate surface area is 88.4 Å². The quantitative estimate of drug-likeness (QED) is 0.661. The third kappa shape index (κ3) is 1.66. The zero-order valence-electron chi connectivity index (χ0n) is 7.37. The summed E-state index contributed by atoms with van der Waals surface area (Å²) in [6.07, 6.45) is 0. The van der Waals surface area contributed by atoms with Gasteiger partial charge in [-0.05, 0) is 29.9 Å². The van der Waals surface area contributed by atoms with Crippen LogP contribution in [0.2, 0.25) is 0 Å². The van der Waals surface area contributed by atoms with E-state index in [1.54, 1.807) is 0 Å². The van der Waals surface area contributed by atoms with Crippen LogP contribution in [0.3, 0.4) is 0 Å². The Morgan fingerprint density at radius 3 is 2.73 bits per heavy atom. The van der Waals surface area contributed by atoms with Crippen LogP contribution >= 0.6 is 12.2 Å². The zero-order chi connectivity index (χ0) is 11.0. The summed E-state index contributed by atoms with van der Waals surface area (Å²) in [5.74, 6) is -1.29. The van der Waals surface area contributed by atoms with Gasteiger partial charge in [-0.3, -0.25) is 9.78 Å². The summed E-state index contributed by atoms with van der Waals surface area (Å²) in [5, 5.41) is 10.9. The minimum Gasteiger partial charge on any atom is -0.545 e. The summed E-state index contributed by atoms with van der Waals surface area (Å²) in [7, 11) is 0. The van der Waals surface area contributed by atoms with Crippen LogP contribution in [0.15, 0.2) is 23.0 Å². The van der Waals surface area contributed by atoms with Crippen molar-refractivity contribution in [2.24, 2.45) is 0 Å². The topological polar surface area (TPSA) is 88.8 Å². The van der Waals surface area contributed by atoms with Gasteiger partial charge in [0.1, 0.15) is 0 Å². The van der Waals surface area contributed by atoms with Crippen LogP contribution in [-0.2, 0) is 0 Å². The average Bonchev–Trinajstić information content (AvgIpc) is 2.16. The molecule has 15 heavy (non-hydrogen) atoms. The molecule has 1 aromatic heterocycles. The molecule has 0 spiro atoms. The van der Waals surface area contributed by atoms with E-state index >= 15 is 0 Å². The second-order valence-corrected chi connectivity index (χ2v) is 3.36. The molecule has 0 aliphatic rings. The van der Waals surface area contributed by atoms with Gasteiger partial charge in [0.05, 0.1) is 16.9 Å². The molecule has 0 saturated carbocycles. The molecule has 1 heterocycles. The van der Waals surface area contributed by atoms with Crippen molar-refractivity contribution in [3.05, 3.63) is 38.9 Å². The Kier molecular flexibility index (Phi) is 2.12. The van der Waals surface area contributed by atoms with Gasteiger partial charge in [0.15, 0.2) is 4.77 Å². The van der Waals surface area contributed by atoms with Crippen LogP contribution < -0.4 is 10.7 Å². The number of hydrogen-bond donors (Lipinski definition) is 2. The van der Waals surface area contributed by atoms with E-state index in [9.17, 15) is 14.7 Å². The number of carboxylic acid groups (broad SMARTS) is 1. The van der Waals surface area contributed by atoms with Gasteiger partial charge in [-0.1, -0.05) is 6.07 Å². The van der Waals surface area contributed by atoms with E-state index in [4.69, 9.17) is 12.2 Å². The number of fused-ring (bicyclic) bond motifs is 1. The first-order valence-corrected chi connectivity index (χ1v) is 4.46. The predicted octanol–water partition coefficient (Wildman–Crippen LogP) is -0.0508. The molecule has 2 aromatic rings. The molecule has 2 rings (SSSR count). The van der Waals surface area contributed by atoms with Crippen molar-refractivity contribution < 1.29 is 9.90 Å². The average molecular weight is 221 g/mol. The largest absolute Gasteiger partial charge is 0.545 e. The molecule has 0 saturated heterocycles. The second kappa shape index (κ2) is 3.32. The van der Waals surface area contributed by atoms with E-state index < -0.39 is 5.97 Å². The lowest BCUT2D eigenvalue weighted by atomic mass is 10.1. The van der Waals surface area contributed by atoms with Crippen LogP contribution in [0, 0.1) is 4.77 Å². The van der Waals surface area contributed by atoms with Gasteiger partial charge in [-0.2, -0.15) is 0 Å². The molecule has 0 aliphatic heterocycles. The van der Waals surface area contributed by atoms with E-state index in [0.29, 0.717) is 10.9 Å². The molecule has 0 unspecified atom stereocenters. The van der Waals surface area contributed by atoms with Gasteiger partial charge in [0.2, 0.25) is 0 Å². The number of nitrogens with one attached hydrogen (secondary N) is 2. The lowest BCUT2D eigenvalue weighted by Gasteiger charge is -2.03. The van der Waals surface area contributed by atoms with Gasteiger partial charge >= 0.3 is 0 Å². The fourth-order valence-corrected chi connectivity index (χ4v) is 1.50. The van der Waals surface area contributed by atoms with Gasteiger partial charge in [0.25, 0.3) is 5.56 Å². The number of carboxylic acids is 1. The minimum absolute atomic E-state index is 0.00116. The SMILES string of the molecule is O=C([O-])c1ccc2c(=O)[nH]c(=S)[nH]c2c1. The number of carbonyl (C=O) groups is 1. The van der Waals surface area contributed by atoms with Gasteiger partial charge < -0.3 is 14.9 Å². The normalized spacial score (nSPS) is 10.4. The van der Waals surface area contributed by atoms with Crippen molar-refractivity contribution in [2.75, 3.05) is 0 Å². The van der Waals surface area contributed by atoms with Crippen molar-refractivity contribution in [3.63, 3.8) is 0 Å². The summed E-state index contributed by atoms with van der Waals surface area (Å²) in [6.45, 7) is 0. The van der Waals surface area contributed by atoms with E-state index in [0.717, 1.165) is 0 Å². The number of benzene rings is 1. The Balaban J connectivity index is 2.88. The minimum atomic E-state index is -1.29. The highest BCUT2D eigenvalue weighted by atomic mass is 32.1. The summed E-state index contributed by atoms with van der Waals surface area (Å²) in [4.78, 5) is 27.0. The number of aromatic carboxylic acids is 1. The van der Waals surface area contributed by atoms with Crippen molar-refractivity contribution in [2.45, 2.75) is 0 Å². The monoisotopic (exact) mass is 221 g/mol. The Morgan fingerprint density at radius 1 is 1.33 bits per heavy atom. The summed E-state index contributed by atoms with van der Waals surface area (Å²) in [5.41, 5.74) is 0.0304. The molecule has 5 nitrogen and oxygen atoms in total. The summed E-state index contributed by atoms with van der Waals surface area (Å²) >= 11 is 4.76. The summed E-state index contributed by atoms with van der Waals surface area (Å²) in [6, 6.07) is 4.03. The first kappa shape index (κ1) is 9.60. The van der Waals surface area contributed by atoms with Crippen LogP contribution in [0.5, 0.6) is 0 Å². The molecule has 0 fully saturated rings. The molecule has 0 aliphatic carbocycles. The molecular weight excluding hydrogens is 216 g/mol. The Morgan fingerprint density at radius 2 is 2.07 bits per heavy atom. The first-order chi connectivity index (χ1) is 7.08. The fourth-order valence-electron chi connectivity index (χ4n) is 1.30. The number of aromatic nitrogens is 2. The highest BCUT2D eigenvalue weighted by Crippen LogP contribution is 2.08. The molecule has 0 radical (unpaired) electrons. The predicted molar refractivity (Wildman–Crippen MR) is 54.1 cm³/mol. The number of H-pyrrole nitrogens is 2. The molecule has 6 heteroatoms. The second-order valence-electron chi connectivity index (χ2n) is 2.96. The lowest BCUT2D eigenvalue weighted by Crippen LogP contribution is -2.22. The maximum atomic E-state index is 11.4. The van der Waals surface area contributed by atoms with E-state index in [1.165, 1.54) is 18.2 Å². The lowest BCUT2D eigenvalue weighted by molar-refractivity contribution is -0.255. The van der Waals surface area contributed by atoms with Gasteiger partial charge in [0, 0.05) is 0 Å². The van der Waals surface area contributed by atoms with E-state index in [-0.39, 0.29) is 15.9 Å². The third-order valence-electron chi connectivity index (χ3n) is 1.98. The number of rotatable bonds is 1. The summed E-state index contributed by atoms with van der Waals surface area (Å²) < 4.78 is 0.156. The molecule has 0 amide bonds. The first-order valence-electron chi connectivity index (χ1n) is 4.05. The molecule has 1 aromatic carbocycles. The molecular formula is C9H5N2O3S-. The van der Waals surface area contributed by atoms with Crippen molar-refractivity contribution in [3.8, 4) is 0 Å². The molecule has 0 atom stereocenters. The number of aromatic amines is 2. The Bertz CT molecular complexity index is 656. The smallest absolute Gasteiger partial charge is 0.259 e. The van der Waals surface area contributed by atoms with Crippen LogP contribution in [0.25, 0.3) is 10.9 Å². The van der Waals surface area contributed by atoms with Crippen LogP contribution in [-0.4, -0.2) is 15.9 Å². The zero-order valence-corrected chi connectivity index (χ0v) is 8.18. The molecule has 2 N–H and O–H groups in total. The van der Waals surface area contributed by atoms with Crippen LogP contribution in [0.1, 0.15) is 10.4 Å². The molecule has 0 bridgehead atoms. The van der Waals surface area contributed by atoms with Crippen molar-refractivity contribution in [1.29, 1.82) is 0 Å². The van der Waals surface area contributed by atoms with Gasteiger partial charge in [-0.15, -0.1) is 0 Å². The van der Waals surface area contributed by atoms with Crippen LogP contribution in [0.4, 0.5) is 0 Å². The van der Waals surface area contributed by atoms with Crippen molar-refractivity contribution in [1.82, 2.24) is 9.97 Å². The fraction of sp³-hybridized carbons (Fsp3) is 0. The number of carbonyl (C=O) groups excluding carboxylic acids is 1. The van der Waals surface area contributed by atoms with Crippen molar-refractivity contribution >= 4 is 29.1 Å². The maximum Gasteiger partial charge on any atom is 0.259 e. The standard InChI is InChI=1S/C9H6N2O3S/c12-7-5-2-1-4(8(13)14)3-6(5)10-9(15)11-7/h1-3H,(H,13,14)(H2,10,11,12,15)/p-1.